The molecule has 0 aliphatic heterocycles. The topological polar surface area (TPSA) is 87.3 Å². The van der Waals surface area contributed by atoms with Crippen LogP contribution < -0.4 is 16.2 Å². The molecule has 106 valence electrons. The lowest BCUT2D eigenvalue weighted by Crippen LogP contribution is -2.49. The number of hydrogen-bond donors (Lipinski definition) is 3. The molecule has 0 atom stereocenters. The highest BCUT2D eigenvalue weighted by Gasteiger charge is 2.26. The van der Waals surface area contributed by atoms with Gasteiger partial charge in [0, 0.05) is 6.04 Å². The molecule has 1 aliphatic rings. The third-order valence-electron chi connectivity index (χ3n) is 2.74. The highest BCUT2D eigenvalue weighted by atomic mass is 19.1. The number of hydrogen-bond acceptors (Lipinski definition) is 3. The normalized spacial score (nSPS) is 13.4. The molecule has 1 aromatic rings. The summed E-state index contributed by atoms with van der Waals surface area (Å²) in [7, 11) is 0. The number of carbonyl (C=O) groups excluding carboxylic acids is 3. The van der Waals surface area contributed by atoms with Crippen LogP contribution in [0, 0.1) is 5.82 Å². The number of nitrogens with one attached hydrogen (secondary N) is 3. The molecule has 0 radical (unpaired) electrons. The molecule has 7 heteroatoms. The molecule has 3 N–H and O–H groups in total. The maximum Gasteiger partial charge on any atom is 0.327 e. The van der Waals surface area contributed by atoms with Crippen LogP contribution in [-0.2, 0) is 20.8 Å². The highest BCUT2D eigenvalue weighted by Crippen LogP contribution is 2.18. The average Bonchev–Trinajstić information content (AvgIpc) is 3.22. The Kier molecular flexibility index (Phi) is 4.29. The molecule has 0 saturated heterocycles. The Balaban J connectivity index is 1.75. The Labute approximate surface area is 114 Å². The molecule has 0 bridgehead atoms. The smallest absolute Gasteiger partial charge is 0.327 e. The summed E-state index contributed by atoms with van der Waals surface area (Å²) in [6.07, 6.45) is 1.49. The maximum absolute atomic E-state index is 13.3. The van der Waals surface area contributed by atoms with Crippen molar-refractivity contribution in [2.45, 2.75) is 25.3 Å². The number of amides is 3. The van der Waals surface area contributed by atoms with Gasteiger partial charge in [0.05, 0.1) is 6.42 Å². The van der Waals surface area contributed by atoms with Crippen LogP contribution in [-0.4, -0.2) is 23.8 Å². The molecule has 0 spiro atoms. The van der Waals surface area contributed by atoms with Gasteiger partial charge in [0.25, 0.3) is 0 Å². The lowest BCUT2D eigenvalue weighted by molar-refractivity contribution is -0.140. The summed E-state index contributed by atoms with van der Waals surface area (Å²) in [4.78, 5) is 34.1. The number of carbonyl (C=O) groups is 3. The Morgan fingerprint density at radius 1 is 1.10 bits per heavy atom. The third-order valence-corrected chi connectivity index (χ3v) is 2.74. The van der Waals surface area contributed by atoms with E-state index in [0.717, 1.165) is 12.8 Å². The molecule has 1 fully saturated rings. The third kappa shape index (κ3) is 4.04. The lowest BCUT2D eigenvalue weighted by atomic mass is 10.1. The van der Waals surface area contributed by atoms with Crippen molar-refractivity contribution in [1.82, 2.24) is 16.2 Å². The van der Waals surface area contributed by atoms with Gasteiger partial charge in [-0.3, -0.25) is 25.2 Å². The first-order valence-corrected chi connectivity index (χ1v) is 6.19. The summed E-state index contributed by atoms with van der Waals surface area (Å²) in [5.74, 6) is -2.85. The van der Waals surface area contributed by atoms with E-state index in [0.29, 0.717) is 0 Å². The Morgan fingerprint density at radius 2 is 1.80 bits per heavy atom. The van der Waals surface area contributed by atoms with E-state index in [4.69, 9.17) is 0 Å². The minimum Gasteiger partial charge on any atom is -0.345 e. The second-order valence-corrected chi connectivity index (χ2v) is 4.52. The van der Waals surface area contributed by atoms with E-state index < -0.39 is 23.5 Å². The standard InChI is InChI=1S/C13H14FN3O3/c14-10-4-2-1-3-8(10)7-11(18)16-17-13(20)12(19)15-9-5-6-9/h1-4,9H,5-7H2,(H,15,19)(H,16,18)(H,17,20). The quantitative estimate of drug-likeness (QED) is 0.528. The first-order chi connectivity index (χ1) is 9.56. The van der Waals surface area contributed by atoms with Crippen LogP contribution >= 0.6 is 0 Å². The van der Waals surface area contributed by atoms with Crippen LogP contribution in [0.2, 0.25) is 0 Å². The van der Waals surface area contributed by atoms with Crippen molar-refractivity contribution in [1.29, 1.82) is 0 Å². The van der Waals surface area contributed by atoms with E-state index >= 15 is 0 Å². The number of rotatable bonds is 3. The molecule has 1 aromatic carbocycles. The van der Waals surface area contributed by atoms with Crippen molar-refractivity contribution >= 4 is 17.7 Å². The lowest BCUT2D eigenvalue weighted by Gasteiger charge is -2.07. The van der Waals surface area contributed by atoms with Crippen molar-refractivity contribution in [3.63, 3.8) is 0 Å². The second kappa shape index (κ2) is 6.14. The van der Waals surface area contributed by atoms with E-state index in [1.807, 2.05) is 5.43 Å². The van der Waals surface area contributed by atoms with E-state index in [1.165, 1.54) is 18.2 Å². The van der Waals surface area contributed by atoms with Crippen LogP contribution in [0.3, 0.4) is 0 Å². The summed E-state index contributed by atoms with van der Waals surface area (Å²) >= 11 is 0. The molecule has 20 heavy (non-hydrogen) atoms. The van der Waals surface area contributed by atoms with Crippen molar-refractivity contribution in [3.8, 4) is 0 Å². The van der Waals surface area contributed by atoms with E-state index in [1.54, 1.807) is 6.07 Å². The van der Waals surface area contributed by atoms with Crippen molar-refractivity contribution in [2.24, 2.45) is 0 Å². The summed E-state index contributed by atoms with van der Waals surface area (Å²) in [5, 5.41) is 2.47. The van der Waals surface area contributed by atoms with Crippen molar-refractivity contribution in [2.75, 3.05) is 0 Å². The first kappa shape index (κ1) is 14.0. The summed E-state index contributed by atoms with van der Waals surface area (Å²) in [5.41, 5.74) is 4.26. The second-order valence-electron chi connectivity index (χ2n) is 4.52. The average molecular weight is 279 g/mol. The molecular weight excluding hydrogens is 265 g/mol. The Hall–Kier alpha value is -2.44. The minimum atomic E-state index is -0.946. The van der Waals surface area contributed by atoms with Gasteiger partial charge in [-0.2, -0.15) is 0 Å². The fraction of sp³-hybridized carbons (Fsp3) is 0.308. The van der Waals surface area contributed by atoms with Gasteiger partial charge in [-0.05, 0) is 24.5 Å². The van der Waals surface area contributed by atoms with E-state index in [-0.39, 0.29) is 18.0 Å². The summed E-state index contributed by atoms with van der Waals surface area (Å²) < 4.78 is 13.3. The van der Waals surface area contributed by atoms with Crippen LogP contribution in [0.15, 0.2) is 24.3 Å². The molecule has 1 aliphatic carbocycles. The van der Waals surface area contributed by atoms with Gasteiger partial charge in [-0.15, -0.1) is 0 Å². The fourth-order valence-corrected chi connectivity index (χ4v) is 1.52. The number of benzene rings is 1. The summed E-state index contributed by atoms with van der Waals surface area (Å²) in [6, 6.07) is 5.89. The largest absolute Gasteiger partial charge is 0.345 e. The molecule has 1 saturated carbocycles. The van der Waals surface area contributed by atoms with Gasteiger partial charge in [-0.1, -0.05) is 18.2 Å². The molecule has 3 amide bonds. The molecule has 2 rings (SSSR count). The van der Waals surface area contributed by atoms with Gasteiger partial charge >= 0.3 is 11.8 Å². The highest BCUT2D eigenvalue weighted by molar-refractivity contribution is 6.35. The van der Waals surface area contributed by atoms with Crippen molar-refractivity contribution in [3.05, 3.63) is 35.6 Å². The van der Waals surface area contributed by atoms with Crippen LogP contribution in [0.25, 0.3) is 0 Å². The van der Waals surface area contributed by atoms with Crippen LogP contribution in [0.4, 0.5) is 4.39 Å². The van der Waals surface area contributed by atoms with E-state index in [2.05, 4.69) is 10.7 Å². The minimum absolute atomic E-state index is 0.0577. The van der Waals surface area contributed by atoms with E-state index in [9.17, 15) is 18.8 Å². The monoisotopic (exact) mass is 279 g/mol. The Bertz CT molecular complexity index is 543. The van der Waals surface area contributed by atoms with Crippen LogP contribution in [0.1, 0.15) is 18.4 Å². The number of halogens is 1. The van der Waals surface area contributed by atoms with Gasteiger partial charge < -0.3 is 5.32 Å². The zero-order valence-corrected chi connectivity index (χ0v) is 10.6. The molecule has 0 unspecified atom stereocenters. The van der Waals surface area contributed by atoms with Gasteiger partial charge in [0.15, 0.2) is 0 Å². The molecule has 0 aromatic heterocycles. The molecular formula is C13H14FN3O3. The first-order valence-electron chi connectivity index (χ1n) is 6.19. The predicted molar refractivity (Wildman–Crippen MR) is 67.6 cm³/mol. The summed E-state index contributed by atoms with van der Waals surface area (Å²) in [6.45, 7) is 0. The SMILES string of the molecule is O=C(Cc1ccccc1F)NNC(=O)C(=O)NC1CC1. The predicted octanol–water partition coefficient (Wildman–Crippen LogP) is -0.206. The number of hydrazine groups is 1. The molecule has 6 nitrogen and oxygen atoms in total. The zero-order chi connectivity index (χ0) is 14.5. The van der Waals surface area contributed by atoms with Gasteiger partial charge in [0.2, 0.25) is 5.91 Å². The zero-order valence-electron chi connectivity index (χ0n) is 10.6. The van der Waals surface area contributed by atoms with Gasteiger partial charge in [-0.25, -0.2) is 4.39 Å². The Morgan fingerprint density at radius 3 is 2.45 bits per heavy atom. The van der Waals surface area contributed by atoms with Crippen LogP contribution in [0.5, 0.6) is 0 Å². The van der Waals surface area contributed by atoms with Gasteiger partial charge in [0.1, 0.15) is 5.82 Å². The fourth-order valence-electron chi connectivity index (χ4n) is 1.52. The van der Waals surface area contributed by atoms with Crippen molar-refractivity contribution < 1.29 is 18.8 Å². The maximum atomic E-state index is 13.3. The molecule has 0 heterocycles.